The third-order valence-corrected chi connectivity index (χ3v) is 9.45. The van der Waals surface area contributed by atoms with Crippen molar-refractivity contribution < 1.29 is 39.6 Å². The van der Waals surface area contributed by atoms with Crippen molar-refractivity contribution >= 4 is 58.6 Å². The van der Waals surface area contributed by atoms with Crippen molar-refractivity contribution in [1.29, 1.82) is 0 Å². The molecule has 142 valence electrons. The molecule has 0 aromatic rings. The van der Waals surface area contributed by atoms with Crippen molar-refractivity contribution in [2.45, 2.75) is 37.3 Å². The molecule has 0 N–H and O–H groups in total. The van der Waals surface area contributed by atoms with E-state index in [0.29, 0.717) is 0 Å². The third-order valence-electron chi connectivity index (χ3n) is 2.34. The molecule has 0 aliphatic carbocycles. The standard InChI is InChI=1S/C6H13F3O3Si.C3H4Br3F3Si/c1-10-13(11-2,12-3)5-4-6(7,8)9;4-10(5,6)2-1-3(7,8)9/h4-5H2,1-3H3;1-2H2. The van der Waals surface area contributed by atoms with Crippen LogP contribution in [0.3, 0.4) is 0 Å². The summed E-state index contributed by atoms with van der Waals surface area (Å²) >= 11 is 9.31. The highest BCUT2D eigenvalue weighted by Gasteiger charge is 2.42. The van der Waals surface area contributed by atoms with Crippen molar-refractivity contribution in [3.63, 3.8) is 0 Å². The molecule has 0 spiro atoms. The SMILES string of the molecule is CO[Si](CCC(F)(F)F)(OC)OC.FC(F)(F)CC[Si](Br)(Br)Br. The maximum absolute atomic E-state index is 11.9. The first-order valence-corrected chi connectivity index (χ1v) is 16.9. The molecular formula is C9H17Br3F6O3Si2. The van der Waals surface area contributed by atoms with E-state index in [2.05, 4.69) is 45.9 Å². The first kappa shape index (κ1) is 26.6. The van der Waals surface area contributed by atoms with Gasteiger partial charge in [0.25, 0.3) is 3.93 Å². The van der Waals surface area contributed by atoms with E-state index in [1.54, 1.807) is 0 Å². The molecule has 0 bridgehead atoms. The summed E-state index contributed by atoms with van der Waals surface area (Å²) in [6.45, 7) is 0. The molecule has 0 rings (SSSR count). The van der Waals surface area contributed by atoms with Crippen LogP contribution in [0.5, 0.6) is 0 Å². The molecule has 0 atom stereocenters. The van der Waals surface area contributed by atoms with Crippen molar-refractivity contribution in [3.05, 3.63) is 0 Å². The smallest absolute Gasteiger partial charge is 0.377 e. The normalized spacial score (nSPS) is 13.6. The van der Waals surface area contributed by atoms with Gasteiger partial charge in [-0.3, -0.25) is 0 Å². The zero-order valence-corrected chi connectivity index (χ0v) is 19.2. The lowest BCUT2D eigenvalue weighted by molar-refractivity contribution is -0.133. The Hall–Kier alpha value is 1.33. The van der Waals surface area contributed by atoms with Crippen molar-refractivity contribution in [2.75, 3.05) is 21.3 Å². The molecule has 0 aliphatic rings. The Morgan fingerprint density at radius 3 is 1.17 bits per heavy atom. The molecule has 23 heavy (non-hydrogen) atoms. The molecule has 0 unspecified atom stereocenters. The van der Waals surface area contributed by atoms with Gasteiger partial charge in [0, 0.05) is 40.2 Å². The van der Waals surface area contributed by atoms with Crippen LogP contribution in [0.25, 0.3) is 0 Å². The van der Waals surface area contributed by atoms with Gasteiger partial charge in [-0.2, -0.15) is 26.3 Å². The highest BCUT2D eigenvalue weighted by molar-refractivity contribution is 9.72. The molecule has 0 aromatic carbocycles. The maximum Gasteiger partial charge on any atom is 0.500 e. The Balaban J connectivity index is 0. The van der Waals surface area contributed by atoms with Gasteiger partial charge in [-0.25, -0.2) is 0 Å². The minimum atomic E-state index is -4.20. The van der Waals surface area contributed by atoms with Gasteiger partial charge in [0.1, 0.15) is 0 Å². The summed E-state index contributed by atoms with van der Waals surface area (Å²) in [4.78, 5) is 0. The van der Waals surface area contributed by atoms with Crippen LogP contribution in [0.1, 0.15) is 12.8 Å². The number of alkyl halides is 6. The number of hydrogen-bond acceptors (Lipinski definition) is 3. The fraction of sp³-hybridized carbons (Fsp3) is 1.00. The molecule has 3 nitrogen and oxygen atoms in total. The summed E-state index contributed by atoms with van der Waals surface area (Å²) in [5.74, 6) is 0. The second-order valence-corrected chi connectivity index (χ2v) is 30.7. The average molecular weight is 583 g/mol. The fourth-order valence-electron chi connectivity index (χ4n) is 1.13. The summed E-state index contributed by atoms with van der Waals surface area (Å²) in [7, 11) is 0.815. The Morgan fingerprint density at radius 1 is 0.696 bits per heavy atom. The van der Waals surface area contributed by atoms with Gasteiger partial charge in [0.05, 0.1) is 0 Å². The van der Waals surface area contributed by atoms with E-state index in [1.807, 2.05) is 0 Å². The molecule has 0 heterocycles. The molecule has 0 aliphatic heterocycles. The summed E-state index contributed by atoms with van der Waals surface area (Å²) in [6, 6.07) is -0.156. The molecule has 14 heteroatoms. The van der Waals surface area contributed by atoms with Crippen molar-refractivity contribution in [3.8, 4) is 0 Å². The van der Waals surface area contributed by atoms with E-state index in [4.69, 9.17) is 13.3 Å². The van der Waals surface area contributed by atoms with Crippen LogP contribution >= 0.6 is 45.9 Å². The lowest BCUT2D eigenvalue weighted by atomic mass is 10.5. The van der Waals surface area contributed by atoms with Gasteiger partial charge in [0.15, 0.2) is 0 Å². The van der Waals surface area contributed by atoms with E-state index in [-0.39, 0.29) is 12.1 Å². The lowest BCUT2D eigenvalue weighted by Gasteiger charge is -2.24. The fourth-order valence-corrected chi connectivity index (χ4v) is 5.19. The zero-order valence-electron chi connectivity index (χ0n) is 12.5. The van der Waals surface area contributed by atoms with Gasteiger partial charge in [-0.1, -0.05) is 45.9 Å². The Morgan fingerprint density at radius 2 is 1.00 bits per heavy atom. The van der Waals surface area contributed by atoms with Crippen LogP contribution in [0.2, 0.25) is 12.1 Å². The number of halogens is 9. The van der Waals surface area contributed by atoms with Gasteiger partial charge < -0.3 is 13.3 Å². The van der Waals surface area contributed by atoms with E-state index >= 15 is 0 Å². The Kier molecular flexibility index (Phi) is 12.9. The minimum absolute atomic E-state index is 0.0938. The van der Waals surface area contributed by atoms with Gasteiger partial charge in [-0.05, 0) is 6.04 Å². The second kappa shape index (κ2) is 11.1. The maximum atomic E-state index is 11.9. The topological polar surface area (TPSA) is 27.7 Å². The Bertz CT molecular complexity index is 299. The lowest BCUT2D eigenvalue weighted by Crippen LogP contribution is -2.43. The molecular weight excluding hydrogens is 566 g/mol. The molecule has 0 saturated heterocycles. The van der Waals surface area contributed by atoms with Crippen LogP contribution in [-0.4, -0.2) is 46.4 Å². The second-order valence-electron chi connectivity index (χ2n) is 4.14. The molecule has 0 radical (unpaired) electrons. The monoisotopic (exact) mass is 580 g/mol. The first-order valence-electron chi connectivity index (χ1n) is 5.95. The summed E-state index contributed by atoms with van der Waals surface area (Å²) in [5.41, 5.74) is 0. The molecule has 0 aromatic heterocycles. The van der Waals surface area contributed by atoms with E-state index in [0.717, 1.165) is 0 Å². The Labute approximate surface area is 156 Å². The van der Waals surface area contributed by atoms with Crippen LogP contribution in [0.15, 0.2) is 0 Å². The summed E-state index contributed by atoms with van der Waals surface area (Å²) in [5, 5.41) is 0. The minimum Gasteiger partial charge on any atom is -0.377 e. The quantitative estimate of drug-likeness (QED) is 0.213. The van der Waals surface area contributed by atoms with Gasteiger partial charge in [-0.15, -0.1) is 0 Å². The highest BCUT2D eigenvalue weighted by Crippen LogP contribution is 2.36. The predicted octanol–water partition coefficient (Wildman–Crippen LogP) is 5.88. The predicted molar refractivity (Wildman–Crippen MR) is 90.3 cm³/mol. The summed E-state index contributed by atoms with van der Waals surface area (Å²) in [6.07, 6.45) is -9.95. The third kappa shape index (κ3) is 17.9. The molecule has 0 saturated carbocycles. The van der Waals surface area contributed by atoms with E-state index < -0.39 is 37.9 Å². The van der Waals surface area contributed by atoms with E-state index in [1.165, 1.54) is 21.3 Å². The largest absolute Gasteiger partial charge is 0.500 e. The average Bonchev–Trinajstić information content (AvgIpc) is 2.37. The summed E-state index contributed by atoms with van der Waals surface area (Å²) < 4.78 is 82.6. The van der Waals surface area contributed by atoms with Gasteiger partial charge in [0.2, 0.25) is 0 Å². The van der Waals surface area contributed by atoms with Gasteiger partial charge >= 0.3 is 21.2 Å². The van der Waals surface area contributed by atoms with Crippen LogP contribution < -0.4 is 0 Å². The number of rotatable bonds is 7. The van der Waals surface area contributed by atoms with Crippen molar-refractivity contribution in [1.82, 2.24) is 0 Å². The van der Waals surface area contributed by atoms with E-state index in [9.17, 15) is 26.3 Å². The highest BCUT2D eigenvalue weighted by atomic mass is 80.0. The van der Waals surface area contributed by atoms with Crippen LogP contribution in [0, 0.1) is 0 Å². The molecule has 0 fully saturated rings. The van der Waals surface area contributed by atoms with Crippen LogP contribution in [-0.2, 0) is 13.3 Å². The molecule has 0 amide bonds. The number of hydrogen-bond donors (Lipinski definition) is 0. The first-order chi connectivity index (χ1) is 10.1. The van der Waals surface area contributed by atoms with Crippen LogP contribution in [0.4, 0.5) is 26.3 Å². The van der Waals surface area contributed by atoms with Crippen molar-refractivity contribution in [2.24, 2.45) is 0 Å². The zero-order chi connectivity index (χ0) is 18.9.